The Morgan fingerprint density at radius 1 is 1.13 bits per heavy atom. The third-order valence-electron chi connectivity index (χ3n) is 2.46. The van der Waals surface area contributed by atoms with E-state index in [0.717, 1.165) is 12.0 Å². The number of aryl methyl sites for hydroxylation is 1. The number of nitrogens with zero attached hydrogens (tertiary/aromatic N) is 2. The van der Waals surface area contributed by atoms with Gasteiger partial charge in [0.2, 0.25) is 0 Å². The predicted octanol–water partition coefficient (Wildman–Crippen LogP) is 3.43. The number of hydrogen-bond acceptors (Lipinski definition) is 2. The fraction of sp³-hybridized carbons (Fsp3) is 0.400. The summed E-state index contributed by atoms with van der Waals surface area (Å²) >= 11 is 0. The molecule has 80 valence electrons. The Hall–Kier alpha value is -1.39. The van der Waals surface area contributed by atoms with Gasteiger partial charge in [-0.3, -0.25) is 0 Å². The molecule has 0 saturated heterocycles. The largest absolute Gasteiger partial charge is 0.442 e. The lowest BCUT2D eigenvalue weighted by Crippen LogP contribution is -2.30. The molecule has 1 aliphatic heterocycles. The maximum atomic E-state index is 12.6. The van der Waals surface area contributed by atoms with Crippen LogP contribution in [0.15, 0.2) is 34.5 Å². The van der Waals surface area contributed by atoms with Crippen molar-refractivity contribution in [1.82, 2.24) is 0 Å². The molecule has 0 atom stereocenters. The van der Waals surface area contributed by atoms with E-state index in [1.54, 1.807) is 12.1 Å². The van der Waals surface area contributed by atoms with Crippen LogP contribution >= 0.6 is 0 Å². The van der Waals surface area contributed by atoms with Crippen molar-refractivity contribution in [2.24, 2.45) is 10.2 Å². The first-order valence-corrected chi connectivity index (χ1v) is 4.60. The van der Waals surface area contributed by atoms with Crippen LogP contribution in [0.2, 0.25) is 0 Å². The van der Waals surface area contributed by atoms with Crippen LogP contribution in [0.4, 0.5) is 13.2 Å². The van der Waals surface area contributed by atoms with Gasteiger partial charge in [-0.15, -0.1) is 10.2 Å². The number of halogens is 3. The second kappa shape index (κ2) is 3.05. The summed E-state index contributed by atoms with van der Waals surface area (Å²) in [6.07, 6.45) is -3.63. The highest BCUT2D eigenvalue weighted by Crippen LogP contribution is 2.52. The van der Waals surface area contributed by atoms with Crippen molar-refractivity contribution in [2.45, 2.75) is 25.2 Å². The van der Waals surface area contributed by atoms with E-state index in [2.05, 4.69) is 10.2 Å². The summed E-state index contributed by atoms with van der Waals surface area (Å²) in [6.45, 7) is 1.94. The Bertz CT molecular complexity index is 386. The summed E-state index contributed by atoms with van der Waals surface area (Å²) in [5, 5.41) is 6.26. The molecule has 1 aromatic carbocycles. The molecule has 0 bridgehead atoms. The minimum absolute atomic E-state index is 0.0900. The summed E-state index contributed by atoms with van der Waals surface area (Å²) in [7, 11) is 0. The molecule has 0 fully saturated rings. The van der Waals surface area contributed by atoms with Gasteiger partial charge in [0.25, 0.3) is 0 Å². The number of hydrogen-bond donors (Lipinski definition) is 0. The maximum absolute atomic E-state index is 12.6. The van der Waals surface area contributed by atoms with Gasteiger partial charge in [0, 0.05) is 5.56 Å². The highest BCUT2D eigenvalue weighted by Gasteiger charge is 2.65. The van der Waals surface area contributed by atoms with E-state index in [9.17, 15) is 13.2 Å². The smallest absolute Gasteiger partial charge is 0.166 e. The van der Waals surface area contributed by atoms with Crippen LogP contribution in [0.25, 0.3) is 0 Å². The van der Waals surface area contributed by atoms with Gasteiger partial charge in [0.05, 0.1) is 0 Å². The molecule has 0 aliphatic carbocycles. The first-order chi connectivity index (χ1) is 6.99. The number of alkyl halides is 3. The van der Waals surface area contributed by atoms with E-state index < -0.39 is 11.8 Å². The zero-order valence-electron chi connectivity index (χ0n) is 8.04. The van der Waals surface area contributed by atoms with E-state index in [1.165, 1.54) is 12.1 Å². The zero-order chi connectivity index (χ0) is 11.1. The maximum Gasteiger partial charge on any atom is 0.442 e. The molecular formula is C10H9F3N2. The summed E-state index contributed by atoms with van der Waals surface area (Å²) in [5.74, 6) is 0. The van der Waals surface area contributed by atoms with Crippen molar-refractivity contribution in [1.29, 1.82) is 0 Å². The Labute approximate surface area is 84.8 Å². The molecule has 0 radical (unpaired) electrons. The van der Waals surface area contributed by atoms with E-state index in [4.69, 9.17) is 0 Å². The third-order valence-corrected chi connectivity index (χ3v) is 2.46. The van der Waals surface area contributed by atoms with E-state index in [0.29, 0.717) is 0 Å². The Balaban J connectivity index is 2.31. The second-order valence-corrected chi connectivity index (χ2v) is 3.42. The van der Waals surface area contributed by atoms with Gasteiger partial charge in [-0.05, 0) is 12.0 Å². The third kappa shape index (κ3) is 1.52. The zero-order valence-corrected chi connectivity index (χ0v) is 8.04. The molecule has 5 heteroatoms. The first-order valence-electron chi connectivity index (χ1n) is 4.60. The van der Waals surface area contributed by atoms with Gasteiger partial charge in [-0.2, -0.15) is 13.2 Å². The molecule has 1 aliphatic rings. The molecule has 2 rings (SSSR count). The molecule has 0 N–H and O–H groups in total. The normalized spacial score (nSPS) is 17.9. The first kappa shape index (κ1) is 10.1. The molecule has 0 amide bonds. The Kier molecular flexibility index (Phi) is 2.06. The highest BCUT2D eigenvalue weighted by molar-refractivity contribution is 5.32. The van der Waals surface area contributed by atoms with Crippen LogP contribution in [0.3, 0.4) is 0 Å². The predicted molar refractivity (Wildman–Crippen MR) is 48.4 cm³/mol. The van der Waals surface area contributed by atoms with Crippen molar-refractivity contribution in [2.75, 3.05) is 0 Å². The Morgan fingerprint density at radius 3 is 2.00 bits per heavy atom. The quantitative estimate of drug-likeness (QED) is 0.720. The van der Waals surface area contributed by atoms with Crippen LogP contribution < -0.4 is 0 Å². The van der Waals surface area contributed by atoms with E-state index in [-0.39, 0.29) is 5.56 Å². The van der Waals surface area contributed by atoms with Gasteiger partial charge in [-0.1, -0.05) is 31.2 Å². The van der Waals surface area contributed by atoms with Crippen molar-refractivity contribution in [3.05, 3.63) is 35.4 Å². The van der Waals surface area contributed by atoms with E-state index in [1.807, 2.05) is 6.92 Å². The molecule has 2 nitrogen and oxygen atoms in total. The summed E-state index contributed by atoms with van der Waals surface area (Å²) in [6, 6.07) is 6.22. The monoisotopic (exact) mass is 214 g/mol. The summed E-state index contributed by atoms with van der Waals surface area (Å²) in [4.78, 5) is 0. The molecule has 0 saturated carbocycles. The fourth-order valence-corrected chi connectivity index (χ4v) is 1.42. The average molecular weight is 214 g/mol. The summed E-state index contributed by atoms with van der Waals surface area (Å²) in [5.41, 5.74) is -1.19. The SMILES string of the molecule is CCc1ccc(C2(C(F)(F)F)N=N2)cc1. The van der Waals surface area contributed by atoms with Crippen molar-refractivity contribution < 1.29 is 13.2 Å². The lowest BCUT2D eigenvalue weighted by Gasteiger charge is -2.14. The van der Waals surface area contributed by atoms with Crippen molar-refractivity contribution >= 4 is 0 Å². The second-order valence-electron chi connectivity index (χ2n) is 3.42. The Morgan fingerprint density at radius 2 is 1.67 bits per heavy atom. The van der Waals surface area contributed by atoms with Crippen molar-refractivity contribution in [3.63, 3.8) is 0 Å². The van der Waals surface area contributed by atoms with Gasteiger partial charge >= 0.3 is 11.8 Å². The van der Waals surface area contributed by atoms with Crippen LogP contribution in [0.1, 0.15) is 18.1 Å². The van der Waals surface area contributed by atoms with E-state index >= 15 is 0 Å². The molecular weight excluding hydrogens is 205 g/mol. The number of rotatable bonds is 2. The van der Waals surface area contributed by atoms with Gasteiger partial charge in [0.15, 0.2) is 0 Å². The summed E-state index contributed by atoms with van der Waals surface area (Å²) < 4.78 is 37.7. The highest BCUT2D eigenvalue weighted by atomic mass is 19.4. The van der Waals surface area contributed by atoms with Crippen molar-refractivity contribution in [3.8, 4) is 0 Å². The molecule has 0 unspecified atom stereocenters. The van der Waals surface area contributed by atoms with Gasteiger partial charge in [0.1, 0.15) is 0 Å². The van der Waals surface area contributed by atoms with Gasteiger partial charge < -0.3 is 0 Å². The molecule has 15 heavy (non-hydrogen) atoms. The van der Waals surface area contributed by atoms with Crippen LogP contribution in [-0.4, -0.2) is 6.18 Å². The fourth-order valence-electron chi connectivity index (χ4n) is 1.42. The average Bonchev–Trinajstić information content (AvgIpc) is 2.98. The van der Waals surface area contributed by atoms with Crippen LogP contribution in [0, 0.1) is 0 Å². The lowest BCUT2D eigenvalue weighted by molar-refractivity contribution is -0.166. The van der Waals surface area contributed by atoms with Crippen LogP contribution in [-0.2, 0) is 12.1 Å². The number of benzene rings is 1. The topological polar surface area (TPSA) is 24.7 Å². The standard InChI is InChI=1S/C10H9F3N2/c1-2-7-3-5-8(6-4-7)9(14-15-9)10(11,12)13/h3-6H,2H2,1H3. The minimum atomic E-state index is -4.43. The lowest BCUT2D eigenvalue weighted by atomic mass is 10.0. The van der Waals surface area contributed by atoms with Gasteiger partial charge in [-0.25, -0.2) is 0 Å². The minimum Gasteiger partial charge on any atom is -0.166 e. The molecule has 0 aromatic heterocycles. The molecule has 0 spiro atoms. The molecule has 1 heterocycles. The molecule has 1 aromatic rings. The van der Waals surface area contributed by atoms with Crippen LogP contribution in [0.5, 0.6) is 0 Å².